The van der Waals surface area contributed by atoms with Gasteiger partial charge in [-0.2, -0.15) is 0 Å². The fourth-order valence-electron chi connectivity index (χ4n) is 1.36. The lowest BCUT2D eigenvalue weighted by Gasteiger charge is -1.98. The smallest absolute Gasteiger partial charge is 0.181 e. The zero-order valence-corrected chi connectivity index (χ0v) is 9.41. The summed E-state index contributed by atoms with van der Waals surface area (Å²) in [5, 5.41) is 0. The van der Waals surface area contributed by atoms with Gasteiger partial charge in [-0.15, -0.1) is 0 Å². The Morgan fingerprint density at radius 2 is 2.00 bits per heavy atom. The van der Waals surface area contributed by atoms with E-state index < -0.39 is 0 Å². The van der Waals surface area contributed by atoms with Crippen LogP contribution in [-0.2, 0) is 6.42 Å². The molecule has 0 radical (unpaired) electrons. The zero-order valence-electron chi connectivity index (χ0n) is 7.83. The second-order valence-corrected chi connectivity index (χ2v) is 3.90. The number of hydrogen-bond donors (Lipinski definition) is 0. The molecule has 0 saturated heterocycles. The summed E-state index contributed by atoms with van der Waals surface area (Å²) >= 11 is 3.40. The van der Waals surface area contributed by atoms with Crippen LogP contribution in [0.3, 0.4) is 0 Å². The summed E-state index contributed by atoms with van der Waals surface area (Å²) in [5.74, 6) is 0.875. The molecule has 2 aromatic rings. The summed E-state index contributed by atoms with van der Waals surface area (Å²) in [6, 6.07) is 8.03. The van der Waals surface area contributed by atoms with E-state index in [1.807, 2.05) is 24.3 Å². The molecule has 0 aliphatic carbocycles. The van der Waals surface area contributed by atoms with Gasteiger partial charge in [0.05, 0.1) is 5.69 Å². The predicted molar refractivity (Wildman–Crippen MR) is 59.0 cm³/mol. The van der Waals surface area contributed by atoms with Crippen LogP contribution in [0.4, 0.5) is 0 Å². The number of hydrogen-bond acceptors (Lipinski definition) is 2. The maximum Gasteiger partial charge on any atom is 0.181 e. The van der Waals surface area contributed by atoms with Crippen LogP contribution in [0.5, 0.6) is 0 Å². The van der Waals surface area contributed by atoms with Gasteiger partial charge >= 0.3 is 0 Å². The van der Waals surface area contributed by atoms with Gasteiger partial charge in [-0.05, 0) is 18.6 Å². The Hall–Kier alpha value is -1.09. The Morgan fingerprint density at radius 1 is 1.29 bits per heavy atom. The third-order valence-electron chi connectivity index (χ3n) is 2.08. The van der Waals surface area contributed by atoms with Gasteiger partial charge in [-0.3, -0.25) is 0 Å². The average Bonchev–Trinajstić information content (AvgIpc) is 2.67. The first-order valence-electron chi connectivity index (χ1n) is 4.49. The van der Waals surface area contributed by atoms with Gasteiger partial charge in [0.1, 0.15) is 0 Å². The number of nitrogens with zero attached hydrogens (tertiary/aromatic N) is 1. The summed E-state index contributed by atoms with van der Waals surface area (Å²) in [6.45, 7) is 2.07. The quantitative estimate of drug-likeness (QED) is 0.815. The van der Waals surface area contributed by atoms with Crippen LogP contribution >= 0.6 is 15.9 Å². The summed E-state index contributed by atoms with van der Waals surface area (Å²) in [5.41, 5.74) is 2.08. The predicted octanol–water partition coefficient (Wildman–Crippen LogP) is 3.67. The van der Waals surface area contributed by atoms with Crippen LogP contribution in [0, 0.1) is 0 Å². The van der Waals surface area contributed by atoms with Crippen molar-refractivity contribution >= 4 is 15.9 Å². The molecule has 72 valence electrons. The minimum atomic E-state index is 0.875. The summed E-state index contributed by atoms with van der Waals surface area (Å²) in [4.78, 5) is 4.16. The Labute approximate surface area is 91.1 Å². The van der Waals surface area contributed by atoms with Crippen LogP contribution in [0.2, 0.25) is 0 Å². The van der Waals surface area contributed by atoms with Crippen LogP contribution in [0.25, 0.3) is 11.3 Å². The van der Waals surface area contributed by atoms with E-state index in [0.717, 1.165) is 27.9 Å². The fourth-order valence-corrected chi connectivity index (χ4v) is 1.62. The first-order chi connectivity index (χ1) is 6.81. The first-order valence-corrected chi connectivity index (χ1v) is 5.29. The molecule has 14 heavy (non-hydrogen) atoms. The molecule has 1 heterocycles. The number of aryl methyl sites for hydroxylation is 1. The molecule has 0 N–H and O–H groups in total. The van der Waals surface area contributed by atoms with Gasteiger partial charge in [0.2, 0.25) is 0 Å². The highest BCUT2D eigenvalue weighted by molar-refractivity contribution is 9.10. The maximum atomic E-state index is 5.36. The summed E-state index contributed by atoms with van der Waals surface area (Å²) in [7, 11) is 0. The van der Waals surface area contributed by atoms with Crippen LogP contribution in [-0.4, -0.2) is 4.98 Å². The molecule has 0 aliphatic heterocycles. The van der Waals surface area contributed by atoms with E-state index in [1.54, 1.807) is 0 Å². The molecule has 0 saturated carbocycles. The van der Waals surface area contributed by atoms with Gasteiger partial charge in [-0.25, -0.2) is 4.98 Å². The van der Waals surface area contributed by atoms with Crippen LogP contribution < -0.4 is 0 Å². The van der Waals surface area contributed by atoms with Crippen molar-refractivity contribution in [3.63, 3.8) is 0 Å². The van der Waals surface area contributed by atoms with Crippen molar-refractivity contribution < 1.29 is 4.42 Å². The molecule has 0 unspecified atom stereocenters. The third-order valence-corrected chi connectivity index (χ3v) is 2.61. The monoisotopic (exact) mass is 251 g/mol. The molecule has 0 spiro atoms. The molecule has 0 atom stereocenters. The van der Waals surface area contributed by atoms with E-state index in [4.69, 9.17) is 4.42 Å². The lowest BCUT2D eigenvalue weighted by atomic mass is 10.1. The molecule has 2 nitrogen and oxygen atoms in total. The van der Waals surface area contributed by atoms with Gasteiger partial charge in [0, 0.05) is 10.0 Å². The van der Waals surface area contributed by atoms with Crippen molar-refractivity contribution in [2.45, 2.75) is 13.3 Å². The van der Waals surface area contributed by atoms with Crippen molar-refractivity contribution in [2.24, 2.45) is 0 Å². The molecule has 2 rings (SSSR count). The highest BCUT2D eigenvalue weighted by Crippen LogP contribution is 2.24. The largest absolute Gasteiger partial charge is 0.443 e. The Kier molecular flexibility index (Phi) is 2.68. The van der Waals surface area contributed by atoms with E-state index in [2.05, 4.69) is 27.8 Å². The SMILES string of the molecule is CCc1ncoc1-c1ccc(Br)cc1. The van der Waals surface area contributed by atoms with Crippen molar-refractivity contribution in [3.05, 3.63) is 40.8 Å². The van der Waals surface area contributed by atoms with Gasteiger partial charge < -0.3 is 4.42 Å². The van der Waals surface area contributed by atoms with Crippen molar-refractivity contribution in [1.82, 2.24) is 4.98 Å². The highest BCUT2D eigenvalue weighted by Gasteiger charge is 2.07. The standard InChI is InChI=1S/C11H10BrNO/c1-2-10-11(14-7-13-10)8-3-5-9(12)6-4-8/h3-7H,2H2,1H3. The van der Waals surface area contributed by atoms with E-state index in [1.165, 1.54) is 6.39 Å². The van der Waals surface area contributed by atoms with Crippen molar-refractivity contribution in [2.75, 3.05) is 0 Å². The second kappa shape index (κ2) is 3.96. The Bertz CT molecular complexity index is 419. The number of aromatic nitrogens is 1. The van der Waals surface area contributed by atoms with E-state index >= 15 is 0 Å². The molecular formula is C11H10BrNO. The summed E-state index contributed by atoms with van der Waals surface area (Å²) in [6.07, 6.45) is 2.39. The van der Waals surface area contributed by atoms with Crippen LogP contribution in [0.1, 0.15) is 12.6 Å². The molecule has 0 fully saturated rings. The fraction of sp³-hybridized carbons (Fsp3) is 0.182. The van der Waals surface area contributed by atoms with Gasteiger partial charge in [0.15, 0.2) is 12.2 Å². The number of halogens is 1. The number of benzene rings is 1. The molecular weight excluding hydrogens is 242 g/mol. The molecule has 0 bridgehead atoms. The Balaban J connectivity index is 2.44. The topological polar surface area (TPSA) is 26.0 Å². The maximum absolute atomic E-state index is 5.36. The van der Waals surface area contributed by atoms with Crippen LogP contribution in [0.15, 0.2) is 39.5 Å². The van der Waals surface area contributed by atoms with Gasteiger partial charge in [-0.1, -0.05) is 35.0 Å². The average molecular weight is 252 g/mol. The summed E-state index contributed by atoms with van der Waals surface area (Å²) < 4.78 is 6.42. The second-order valence-electron chi connectivity index (χ2n) is 2.99. The zero-order chi connectivity index (χ0) is 9.97. The minimum absolute atomic E-state index is 0.875. The molecule has 0 amide bonds. The van der Waals surface area contributed by atoms with E-state index in [0.29, 0.717) is 0 Å². The van der Waals surface area contributed by atoms with Crippen molar-refractivity contribution in [1.29, 1.82) is 0 Å². The number of rotatable bonds is 2. The molecule has 1 aromatic carbocycles. The van der Waals surface area contributed by atoms with Crippen molar-refractivity contribution in [3.8, 4) is 11.3 Å². The highest BCUT2D eigenvalue weighted by atomic mass is 79.9. The lowest BCUT2D eigenvalue weighted by Crippen LogP contribution is -1.83. The molecule has 1 aromatic heterocycles. The molecule has 3 heteroatoms. The Morgan fingerprint density at radius 3 is 2.64 bits per heavy atom. The van der Waals surface area contributed by atoms with E-state index in [-0.39, 0.29) is 0 Å². The normalized spacial score (nSPS) is 10.4. The number of oxazole rings is 1. The first kappa shape index (κ1) is 9.46. The molecule has 0 aliphatic rings. The third kappa shape index (κ3) is 1.73. The van der Waals surface area contributed by atoms with Gasteiger partial charge in [0.25, 0.3) is 0 Å². The van der Waals surface area contributed by atoms with E-state index in [9.17, 15) is 0 Å². The minimum Gasteiger partial charge on any atom is -0.443 e. The lowest BCUT2D eigenvalue weighted by molar-refractivity contribution is 0.571.